The Morgan fingerprint density at radius 1 is 1.13 bits per heavy atom. The van der Waals surface area contributed by atoms with Crippen molar-refractivity contribution >= 4 is 16.6 Å². The van der Waals surface area contributed by atoms with Crippen molar-refractivity contribution in [2.75, 3.05) is 0 Å². The summed E-state index contributed by atoms with van der Waals surface area (Å²) in [6, 6.07) is 11.2. The van der Waals surface area contributed by atoms with E-state index in [0.29, 0.717) is 12.1 Å². The molecule has 0 aliphatic carbocycles. The highest BCUT2D eigenvalue weighted by Gasteiger charge is 2.11. The quantitative estimate of drug-likeness (QED) is 0.585. The summed E-state index contributed by atoms with van der Waals surface area (Å²) in [5.41, 5.74) is 1.61. The molecule has 7 nitrogen and oxygen atoms in total. The molecule has 0 amide bonds. The first-order chi connectivity index (χ1) is 11.1. The maximum Gasteiger partial charge on any atom is 0.270 e. The Morgan fingerprint density at radius 2 is 1.83 bits per heavy atom. The van der Waals surface area contributed by atoms with Gasteiger partial charge in [0.2, 0.25) is 0 Å². The van der Waals surface area contributed by atoms with E-state index in [9.17, 15) is 14.9 Å². The molecule has 0 radical (unpaired) electrons. The van der Waals surface area contributed by atoms with E-state index in [1.807, 2.05) is 12.1 Å². The number of benzene rings is 2. The summed E-state index contributed by atoms with van der Waals surface area (Å²) in [7, 11) is 0. The Hall–Kier alpha value is -3.06. The van der Waals surface area contributed by atoms with Gasteiger partial charge in [-0.15, -0.1) is 0 Å². The molecule has 0 fully saturated rings. The lowest BCUT2D eigenvalue weighted by Gasteiger charge is -2.07. The van der Waals surface area contributed by atoms with E-state index >= 15 is 0 Å². The van der Waals surface area contributed by atoms with Gasteiger partial charge >= 0.3 is 0 Å². The van der Waals surface area contributed by atoms with Crippen LogP contribution in [0, 0.1) is 10.1 Å². The van der Waals surface area contributed by atoms with Crippen LogP contribution in [0.15, 0.2) is 53.6 Å². The lowest BCUT2D eigenvalue weighted by atomic mass is 10.1. The van der Waals surface area contributed by atoms with E-state index in [1.165, 1.54) is 29.1 Å². The fourth-order valence-corrected chi connectivity index (χ4v) is 2.32. The number of aliphatic hydroxyl groups is 1. The summed E-state index contributed by atoms with van der Waals surface area (Å²) in [5.74, 6) is 0. The Balaban J connectivity index is 2.01. The molecule has 0 bridgehead atoms. The van der Waals surface area contributed by atoms with Gasteiger partial charge in [0, 0.05) is 12.1 Å². The fraction of sp³-hybridized carbons (Fsp3) is 0.125. The summed E-state index contributed by atoms with van der Waals surface area (Å²) in [4.78, 5) is 27.0. The Labute approximate surface area is 130 Å². The number of nitro benzene ring substituents is 1. The van der Waals surface area contributed by atoms with Gasteiger partial charge < -0.3 is 5.11 Å². The van der Waals surface area contributed by atoms with Crippen LogP contribution < -0.4 is 5.56 Å². The van der Waals surface area contributed by atoms with Crippen LogP contribution in [0.3, 0.4) is 0 Å². The van der Waals surface area contributed by atoms with Crippen molar-refractivity contribution in [2.24, 2.45) is 0 Å². The van der Waals surface area contributed by atoms with Crippen molar-refractivity contribution in [3.63, 3.8) is 0 Å². The Kier molecular flexibility index (Phi) is 3.86. The van der Waals surface area contributed by atoms with Crippen molar-refractivity contribution in [1.82, 2.24) is 9.55 Å². The van der Waals surface area contributed by atoms with Crippen molar-refractivity contribution in [3.8, 4) is 0 Å². The molecule has 0 saturated carbocycles. The van der Waals surface area contributed by atoms with Gasteiger partial charge in [-0.1, -0.05) is 24.3 Å². The maximum atomic E-state index is 12.5. The van der Waals surface area contributed by atoms with E-state index in [2.05, 4.69) is 4.98 Å². The molecule has 0 aliphatic rings. The van der Waals surface area contributed by atoms with Crippen LogP contribution in [0.4, 0.5) is 5.69 Å². The van der Waals surface area contributed by atoms with Gasteiger partial charge in [-0.25, -0.2) is 4.98 Å². The molecule has 1 N–H and O–H groups in total. The van der Waals surface area contributed by atoms with Crippen LogP contribution in [0.1, 0.15) is 11.1 Å². The zero-order chi connectivity index (χ0) is 16.4. The SMILES string of the molecule is O=c1c2cc([N+](=O)[O-])ccc2ncn1Cc1ccc(CO)cc1. The van der Waals surface area contributed by atoms with E-state index in [4.69, 9.17) is 5.11 Å². The number of aliphatic hydroxyl groups excluding tert-OH is 1. The standard InChI is InChI=1S/C16H13N3O4/c20-9-12-3-1-11(2-4-12)8-18-10-17-15-6-5-13(19(22)23)7-14(15)16(18)21/h1-7,10,20H,8-9H2. The zero-order valence-electron chi connectivity index (χ0n) is 12.0. The van der Waals surface area contributed by atoms with Crippen molar-refractivity contribution in [3.05, 3.63) is 80.4 Å². The number of hydrogen-bond donors (Lipinski definition) is 1. The second kappa shape index (κ2) is 5.98. The molecule has 0 aliphatic heterocycles. The van der Waals surface area contributed by atoms with Crippen LogP contribution in [0.25, 0.3) is 10.9 Å². The first-order valence-corrected chi connectivity index (χ1v) is 6.91. The molecule has 0 unspecified atom stereocenters. The third-order valence-corrected chi connectivity index (χ3v) is 3.58. The van der Waals surface area contributed by atoms with Crippen LogP contribution in [-0.2, 0) is 13.2 Å². The molecule has 0 saturated heterocycles. The highest BCUT2D eigenvalue weighted by molar-refractivity contribution is 5.79. The van der Waals surface area contributed by atoms with Crippen molar-refractivity contribution < 1.29 is 10.0 Å². The minimum Gasteiger partial charge on any atom is -0.392 e. The average Bonchev–Trinajstić information content (AvgIpc) is 2.58. The Morgan fingerprint density at radius 3 is 2.48 bits per heavy atom. The van der Waals surface area contributed by atoms with E-state index < -0.39 is 4.92 Å². The number of non-ortho nitro benzene ring substituents is 1. The molecule has 0 spiro atoms. The predicted octanol–water partition coefficient (Wildman–Crippen LogP) is 1.85. The normalized spacial score (nSPS) is 10.8. The monoisotopic (exact) mass is 311 g/mol. The highest BCUT2D eigenvalue weighted by Crippen LogP contribution is 2.16. The molecule has 23 heavy (non-hydrogen) atoms. The summed E-state index contributed by atoms with van der Waals surface area (Å²) in [5, 5.41) is 20.1. The zero-order valence-corrected chi connectivity index (χ0v) is 12.0. The van der Waals surface area contributed by atoms with Gasteiger partial charge in [-0.05, 0) is 17.2 Å². The van der Waals surface area contributed by atoms with Crippen molar-refractivity contribution in [1.29, 1.82) is 0 Å². The fourth-order valence-electron chi connectivity index (χ4n) is 2.32. The third kappa shape index (κ3) is 2.95. The second-order valence-electron chi connectivity index (χ2n) is 5.11. The summed E-state index contributed by atoms with van der Waals surface area (Å²) in [6.07, 6.45) is 1.43. The van der Waals surface area contributed by atoms with Crippen LogP contribution >= 0.6 is 0 Å². The predicted molar refractivity (Wildman–Crippen MR) is 84.1 cm³/mol. The minimum atomic E-state index is -0.538. The van der Waals surface area contributed by atoms with Gasteiger partial charge in [-0.3, -0.25) is 19.5 Å². The van der Waals surface area contributed by atoms with Crippen molar-refractivity contribution in [2.45, 2.75) is 13.2 Å². The smallest absolute Gasteiger partial charge is 0.270 e. The topological polar surface area (TPSA) is 98.3 Å². The summed E-state index contributed by atoms with van der Waals surface area (Å²) >= 11 is 0. The molecule has 3 aromatic rings. The first kappa shape index (κ1) is 14.9. The number of hydrogen-bond acceptors (Lipinski definition) is 5. The Bertz CT molecular complexity index is 932. The van der Waals surface area contributed by atoms with Gasteiger partial charge in [-0.2, -0.15) is 0 Å². The molecule has 7 heteroatoms. The second-order valence-corrected chi connectivity index (χ2v) is 5.11. The number of nitrogens with zero attached hydrogens (tertiary/aromatic N) is 3. The van der Waals surface area contributed by atoms with E-state index in [1.54, 1.807) is 12.1 Å². The van der Waals surface area contributed by atoms with E-state index in [0.717, 1.165) is 11.1 Å². The lowest BCUT2D eigenvalue weighted by molar-refractivity contribution is -0.384. The lowest BCUT2D eigenvalue weighted by Crippen LogP contribution is -2.21. The van der Waals surface area contributed by atoms with Crippen LogP contribution in [-0.4, -0.2) is 19.6 Å². The largest absolute Gasteiger partial charge is 0.392 e. The summed E-state index contributed by atoms with van der Waals surface area (Å²) in [6.45, 7) is 0.262. The van der Waals surface area contributed by atoms with Gasteiger partial charge in [0.25, 0.3) is 11.2 Å². The molecule has 3 rings (SSSR count). The van der Waals surface area contributed by atoms with Crippen LogP contribution in [0.2, 0.25) is 0 Å². The third-order valence-electron chi connectivity index (χ3n) is 3.58. The van der Waals surface area contributed by atoms with Gasteiger partial charge in [0.15, 0.2) is 0 Å². The molecule has 1 heterocycles. The van der Waals surface area contributed by atoms with E-state index in [-0.39, 0.29) is 23.2 Å². The minimum absolute atomic E-state index is 0.0403. The molecular weight excluding hydrogens is 298 g/mol. The molecule has 0 atom stereocenters. The molecule has 2 aromatic carbocycles. The van der Waals surface area contributed by atoms with Crippen LogP contribution in [0.5, 0.6) is 0 Å². The number of fused-ring (bicyclic) bond motifs is 1. The maximum absolute atomic E-state index is 12.5. The van der Waals surface area contributed by atoms with Gasteiger partial charge in [0.05, 0.1) is 35.3 Å². The highest BCUT2D eigenvalue weighted by atomic mass is 16.6. The number of aromatic nitrogens is 2. The number of nitro groups is 1. The average molecular weight is 311 g/mol. The number of rotatable bonds is 4. The molecule has 1 aromatic heterocycles. The molecule has 116 valence electrons. The molecular formula is C16H13N3O4. The first-order valence-electron chi connectivity index (χ1n) is 6.91. The summed E-state index contributed by atoms with van der Waals surface area (Å²) < 4.78 is 1.40. The van der Waals surface area contributed by atoms with Gasteiger partial charge in [0.1, 0.15) is 0 Å².